The molecule has 0 fully saturated rings. The Bertz CT molecular complexity index is 1180. The van der Waals surface area contributed by atoms with Crippen molar-refractivity contribution in [3.63, 3.8) is 0 Å². The second kappa shape index (κ2) is 7.93. The predicted molar refractivity (Wildman–Crippen MR) is 102 cm³/mol. The molecule has 29 heavy (non-hydrogen) atoms. The lowest BCUT2D eigenvalue weighted by Gasteiger charge is -2.05. The number of carbonyl (C=O) groups is 1. The molecule has 0 spiro atoms. The fourth-order valence-corrected chi connectivity index (χ4v) is 2.64. The molecule has 0 unspecified atom stereocenters. The van der Waals surface area contributed by atoms with E-state index in [0.717, 1.165) is 11.1 Å². The number of hydrogen-bond acceptors (Lipinski definition) is 7. The highest BCUT2D eigenvalue weighted by molar-refractivity contribution is 5.89. The first-order valence-electron chi connectivity index (χ1n) is 8.87. The molecule has 4 rings (SSSR count). The summed E-state index contributed by atoms with van der Waals surface area (Å²) in [7, 11) is 0. The van der Waals surface area contributed by atoms with E-state index in [4.69, 9.17) is 8.94 Å². The van der Waals surface area contributed by atoms with Crippen LogP contribution < -0.4 is 10.9 Å². The smallest absolute Gasteiger partial charge is 0.316 e. The van der Waals surface area contributed by atoms with E-state index in [9.17, 15) is 9.59 Å². The minimum atomic E-state index is -0.533. The van der Waals surface area contributed by atoms with Crippen molar-refractivity contribution in [1.82, 2.24) is 25.2 Å². The van der Waals surface area contributed by atoms with Gasteiger partial charge < -0.3 is 14.3 Å². The van der Waals surface area contributed by atoms with Crippen LogP contribution in [0.15, 0.2) is 68.5 Å². The Morgan fingerprint density at radius 2 is 1.97 bits per heavy atom. The van der Waals surface area contributed by atoms with Crippen molar-refractivity contribution in [2.45, 2.75) is 20.0 Å². The zero-order chi connectivity index (χ0) is 20.2. The molecule has 0 aliphatic heterocycles. The van der Waals surface area contributed by atoms with Gasteiger partial charge in [-0.15, -0.1) is 0 Å². The number of furan rings is 1. The molecular weight excluding hydrogens is 374 g/mol. The van der Waals surface area contributed by atoms with Crippen molar-refractivity contribution < 1.29 is 13.7 Å². The lowest BCUT2D eigenvalue weighted by atomic mass is 10.1. The standard InChI is InChI=1S/C20H17N5O4/c1-13-4-6-14(7-5-13)16-8-9-18(26)25(23-16)12-17-22-20(29-24-17)19(27)21-11-15-3-2-10-28-15/h2-10H,11-12H2,1H3,(H,21,27). The zero-order valence-corrected chi connectivity index (χ0v) is 15.5. The largest absolute Gasteiger partial charge is 0.467 e. The zero-order valence-electron chi connectivity index (χ0n) is 15.5. The van der Waals surface area contributed by atoms with Crippen molar-refractivity contribution in [3.05, 3.63) is 88.2 Å². The molecule has 3 aromatic heterocycles. The van der Waals surface area contributed by atoms with Gasteiger partial charge in [-0.1, -0.05) is 35.0 Å². The van der Waals surface area contributed by atoms with Gasteiger partial charge in [-0.2, -0.15) is 10.1 Å². The Hall–Kier alpha value is -4.01. The van der Waals surface area contributed by atoms with E-state index < -0.39 is 5.91 Å². The van der Waals surface area contributed by atoms with Gasteiger partial charge in [0.1, 0.15) is 12.3 Å². The van der Waals surface area contributed by atoms with Crippen LogP contribution in [-0.4, -0.2) is 25.8 Å². The van der Waals surface area contributed by atoms with Crippen LogP contribution in [0.2, 0.25) is 0 Å². The second-order valence-electron chi connectivity index (χ2n) is 6.36. The predicted octanol–water partition coefficient (Wildman–Crippen LogP) is 2.17. The van der Waals surface area contributed by atoms with Gasteiger partial charge in [0, 0.05) is 11.6 Å². The average Bonchev–Trinajstić information content (AvgIpc) is 3.41. The molecule has 146 valence electrons. The number of carbonyl (C=O) groups excluding carboxylic acids is 1. The van der Waals surface area contributed by atoms with Gasteiger partial charge in [0.2, 0.25) is 0 Å². The Morgan fingerprint density at radius 1 is 1.14 bits per heavy atom. The summed E-state index contributed by atoms with van der Waals surface area (Å²) < 4.78 is 11.4. The second-order valence-corrected chi connectivity index (χ2v) is 6.36. The van der Waals surface area contributed by atoms with Gasteiger partial charge in [0.15, 0.2) is 5.82 Å². The summed E-state index contributed by atoms with van der Waals surface area (Å²) in [6.45, 7) is 2.17. The number of aromatic nitrogens is 4. The van der Waals surface area contributed by atoms with Crippen LogP contribution in [0.5, 0.6) is 0 Å². The SMILES string of the molecule is Cc1ccc(-c2ccc(=O)n(Cc3noc(C(=O)NCc4ccco4)n3)n2)cc1. The monoisotopic (exact) mass is 391 g/mol. The van der Waals surface area contributed by atoms with Gasteiger partial charge in [0.05, 0.1) is 18.5 Å². The van der Waals surface area contributed by atoms with Gasteiger partial charge in [-0.05, 0) is 25.1 Å². The lowest BCUT2D eigenvalue weighted by molar-refractivity contribution is 0.0904. The summed E-state index contributed by atoms with van der Waals surface area (Å²) >= 11 is 0. The summed E-state index contributed by atoms with van der Waals surface area (Å²) in [4.78, 5) is 28.3. The maximum Gasteiger partial charge on any atom is 0.316 e. The minimum absolute atomic E-state index is 0.0203. The normalized spacial score (nSPS) is 10.8. The van der Waals surface area contributed by atoms with Gasteiger partial charge >= 0.3 is 11.8 Å². The summed E-state index contributed by atoms with van der Waals surface area (Å²) in [5, 5.41) is 10.7. The molecule has 0 bridgehead atoms. The van der Waals surface area contributed by atoms with Crippen LogP contribution in [0.25, 0.3) is 11.3 Å². The van der Waals surface area contributed by atoms with Crippen molar-refractivity contribution in [1.29, 1.82) is 0 Å². The molecule has 0 aliphatic carbocycles. The molecule has 1 N–H and O–H groups in total. The third-order valence-corrected chi connectivity index (χ3v) is 4.17. The van der Waals surface area contributed by atoms with Crippen molar-refractivity contribution in [3.8, 4) is 11.3 Å². The Morgan fingerprint density at radius 3 is 2.72 bits per heavy atom. The molecule has 0 radical (unpaired) electrons. The Labute approximate surface area is 165 Å². The summed E-state index contributed by atoms with van der Waals surface area (Å²) in [6, 6.07) is 14.4. The first kappa shape index (κ1) is 18.4. The maximum absolute atomic E-state index is 12.2. The van der Waals surface area contributed by atoms with Crippen LogP contribution in [0.1, 0.15) is 27.8 Å². The van der Waals surface area contributed by atoms with E-state index in [2.05, 4.69) is 20.6 Å². The molecule has 9 heteroatoms. The highest BCUT2D eigenvalue weighted by Crippen LogP contribution is 2.16. The third kappa shape index (κ3) is 4.29. The van der Waals surface area contributed by atoms with E-state index in [-0.39, 0.29) is 30.4 Å². The van der Waals surface area contributed by atoms with Crippen LogP contribution in [0.3, 0.4) is 0 Å². The van der Waals surface area contributed by atoms with E-state index in [0.29, 0.717) is 11.5 Å². The number of amides is 1. The van der Waals surface area contributed by atoms with E-state index in [1.54, 1.807) is 18.2 Å². The van der Waals surface area contributed by atoms with Crippen molar-refractivity contribution in [2.75, 3.05) is 0 Å². The molecule has 1 aromatic carbocycles. The lowest BCUT2D eigenvalue weighted by Crippen LogP contribution is -2.24. The summed E-state index contributed by atoms with van der Waals surface area (Å²) in [6.07, 6.45) is 1.52. The molecule has 9 nitrogen and oxygen atoms in total. The average molecular weight is 391 g/mol. The maximum atomic E-state index is 12.2. The van der Waals surface area contributed by atoms with E-state index in [1.165, 1.54) is 17.0 Å². The molecule has 4 aromatic rings. The quantitative estimate of drug-likeness (QED) is 0.535. The topological polar surface area (TPSA) is 116 Å². The molecule has 3 heterocycles. The van der Waals surface area contributed by atoms with Crippen molar-refractivity contribution >= 4 is 5.91 Å². The highest BCUT2D eigenvalue weighted by Gasteiger charge is 2.16. The Balaban J connectivity index is 1.48. The molecule has 0 atom stereocenters. The number of benzene rings is 1. The van der Waals surface area contributed by atoms with Crippen LogP contribution >= 0.6 is 0 Å². The fraction of sp³-hybridized carbons (Fsp3) is 0.150. The number of rotatable bonds is 6. The fourth-order valence-electron chi connectivity index (χ4n) is 2.64. The molecule has 0 aliphatic rings. The first-order chi connectivity index (χ1) is 14.1. The number of nitrogens with zero attached hydrogens (tertiary/aromatic N) is 4. The summed E-state index contributed by atoms with van der Waals surface area (Å²) in [5.74, 6) is 0.0359. The highest BCUT2D eigenvalue weighted by atomic mass is 16.5. The van der Waals surface area contributed by atoms with Crippen molar-refractivity contribution in [2.24, 2.45) is 0 Å². The van der Waals surface area contributed by atoms with E-state index >= 15 is 0 Å². The number of aryl methyl sites for hydroxylation is 1. The van der Waals surface area contributed by atoms with Gasteiger partial charge in [-0.3, -0.25) is 9.59 Å². The third-order valence-electron chi connectivity index (χ3n) is 4.17. The molecule has 0 saturated heterocycles. The summed E-state index contributed by atoms with van der Waals surface area (Å²) in [5.41, 5.74) is 2.35. The van der Waals surface area contributed by atoms with Gasteiger partial charge in [-0.25, -0.2) is 4.68 Å². The van der Waals surface area contributed by atoms with Gasteiger partial charge in [0.25, 0.3) is 5.56 Å². The number of hydrogen-bond donors (Lipinski definition) is 1. The van der Waals surface area contributed by atoms with Crippen LogP contribution in [0, 0.1) is 6.92 Å². The van der Waals surface area contributed by atoms with E-state index in [1.807, 2.05) is 31.2 Å². The molecule has 1 amide bonds. The number of nitrogens with one attached hydrogen (secondary N) is 1. The first-order valence-corrected chi connectivity index (χ1v) is 8.87. The van der Waals surface area contributed by atoms with Crippen LogP contribution in [-0.2, 0) is 13.1 Å². The minimum Gasteiger partial charge on any atom is -0.467 e. The molecule has 0 saturated carbocycles. The molecular formula is C20H17N5O4. The van der Waals surface area contributed by atoms with Crippen LogP contribution in [0.4, 0.5) is 0 Å². The Kier molecular flexibility index (Phi) is 5.02.